The molecule has 0 aromatic rings. The molecule has 0 saturated heterocycles. The van der Waals surface area contributed by atoms with Crippen molar-refractivity contribution in [2.24, 2.45) is 0 Å². The monoisotopic (exact) mass is 178 g/mol. The van der Waals surface area contributed by atoms with Gasteiger partial charge in [0.05, 0.1) is 0 Å². The Labute approximate surface area is 58.3 Å². The summed E-state index contributed by atoms with van der Waals surface area (Å²) in [5.41, 5.74) is 0. The molecule has 0 heterocycles. The maximum absolute atomic E-state index is 5.38. The first-order valence-electron chi connectivity index (χ1n) is 1.57. The van der Waals surface area contributed by atoms with E-state index in [9.17, 15) is 0 Å². The van der Waals surface area contributed by atoms with Gasteiger partial charge < -0.3 is 0 Å². The summed E-state index contributed by atoms with van der Waals surface area (Å²) in [4.78, 5) is 0. The normalized spacial score (nSPS) is 13.6. The van der Waals surface area contributed by atoms with E-state index in [0.29, 0.717) is 5.75 Å². The van der Waals surface area contributed by atoms with Gasteiger partial charge in [-0.2, -0.15) is 0 Å². The second-order valence-corrected chi connectivity index (χ2v) is 8.46. The molecule has 7 heavy (non-hydrogen) atoms. The lowest BCUT2D eigenvalue weighted by molar-refractivity contribution is 1.83. The molecule has 0 spiro atoms. The van der Waals surface area contributed by atoms with Crippen LogP contribution in [0.2, 0.25) is 0 Å². The van der Waals surface area contributed by atoms with Gasteiger partial charge in [0.15, 0.2) is 0 Å². The van der Waals surface area contributed by atoms with Crippen LogP contribution >= 0.6 is 39.7 Å². The number of hydrogen-bond acceptors (Lipinski definition) is 0. The first-order valence-corrected chi connectivity index (χ1v) is 5.85. The van der Waals surface area contributed by atoms with Gasteiger partial charge in [-0.05, 0) is 39.7 Å². The molecule has 0 aliphatic carbocycles. The Hall–Kier alpha value is 0.960. The molecule has 0 rings (SSSR count). The van der Waals surface area contributed by atoms with Crippen LogP contribution in [0.15, 0.2) is 12.7 Å². The van der Waals surface area contributed by atoms with Crippen molar-refractivity contribution < 1.29 is 0 Å². The molecule has 0 fully saturated rings. The molecule has 0 aromatic heterocycles. The van der Waals surface area contributed by atoms with E-state index in [1.54, 1.807) is 6.08 Å². The largest absolute Gasteiger partial charge is 0.102 e. The van der Waals surface area contributed by atoms with Crippen LogP contribution in [0.3, 0.4) is 0 Å². The van der Waals surface area contributed by atoms with Gasteiger partial charge in [-0.3, -0.25) is 0 Å². The number of hydrogen-bond donors (Lipinski definition) is 0. The molecule has 0 atom stereocenters. The van der Waals surface area contributed by atoms with E-state index in [0.717, 1.165) is 0 Å². The molecule has 0 saturated carbocycles. The van der Waals surface area contributed by atoms with Crippen LogP contribution in [-0.2, 0) is 0 Å². The molecule has 0 aliphatic heterocycles. The summed E-state index contributed by atoms with van der Waals surface area (Å²) in [6.45, 7) is 3.41. The molecule has 44 valence electrons. The predicted octanol–water partition coefficient (Wildman–Crippen LogP) is 3.44. The summed E-state index contributed by atoms with van der Waals surface area (Å²) in [5.74, 6) is 0.484. The highest BCUT2D eigenvalue weighted by Gasteiger charge is 2.08. The van der Waals surface area contributed by atoms with Gasteiger partial charge in [0.1, 0.15) is 0 Å². The highest BCUT2D eigenvalue weighted by molar-refractivity contribution is 8.79. The Morgan fingerprint density at radius 2 is 1.86 bits per heavy atom. The van der Waals surface area contributed by atoms with Gasteiger partial charge >= 0.3 is 0 Å². The van der Waals surface area contributed by atoms with Gasteiger partial charge in [-0.15, -0.1) is 6.58 Å². The second kappa shape index (κ2) is 3.08. The highest BCUT2D eigenvalue weighted by atomic mass is 36.2. The average Bonchev–Trinajstić information content (AvgIpc) is 1.30. The van der Waals surface area contributed by atoms with Crippen LogP contribution in [-0.4, -0.2) is 5.75 Å². The van der Waals surface area contributed by atoms with Crippen molar-refractivity contribution in [2.75, 3.05) is 5.75 Å². The molecule has 0 unspecified atom stereocenters. The van der Waals surface area contributed by atoms with Crippen molar-refractivity contribution >= 4 is 39.7 Å². The molecule has 4 heteroatoms. The zero-order valence-electron chi connectivity index (χ0n) is 3.53. The molecule has 0 amide bonds. The third kappa shape index (κ3) is 6.96. The van der Waals surface area contributed by atoms with Crippen molar-refractivity contribution in [3.63, 3.8) is 0 Å². The van der Waals surface area contributed by atoms with Crippen LogP contribution in [0.4, 0.5) is 0 Å². The lowest BCUT2D eigenvalue weighted by Gasteiger charge is -2.09. The third-order valence-corrected chi connectivity index (χ3v) is 2.05. The Balaban J connectivity index is 3.34. The Kier molecular flexibility index (Phi) is 3.50. The van der Waals surface area contributed by atoms with Crippen LogP contribution < -0.4 is 0 Å². The summed E-state index contributed by atoms with van der Waals surface area (Å²) in [5, 5.41) is 0. The summed E-state index contributed by atoms with van der Waals surface area (Å²) in [6, 6.07) is 0. The van der Waals surface area contributed by atoms with Crippen LogP contribution in [0.5, 0.6) is 0 Å². The van der Waals surface area contributed by atoms with Crippen molar-refractivity contribution in [1.29, 1.82) is 0 Å². The van der Waals surface area contributed by atoms with E-state index in [2.05, 4.69) is 6.58 Å². The van der Waals surface area contributed by atoms with Crippen molar-refractivity contribution in [1.82, 2.24) is 0 Å². The molecule has 0 nitrogen and oxygen atoms in total. The lowest BCUT2D eigenvalue weighted by atomic mass is 10.8. The molecule has 0 N–H and O–H groups in total. The van der Waals surface area contributed by atoms with Crippen LogP contribution in [0.25, 0.3) is 0 Å². The fourth-order valence-electron chi connectivity index (χ4n) is 0.134. The molecular formula is C3H5Cl3S. The Morgan fingerprint density at radius 3 is 1.86 bits per heavy atom. The number of halogens is 3. The smallest absolute Gasteiger partial charge is 0.0342 e. The molecule has 0 aliphatic rings. The van der Waals surface area contributed by atoms with Gasteiger partial charge in [0.25, 0.3) is 0 Å². The first kappa shape index (κ1) is 7.96. The summed E-state index contributed by atoms with van der Waals surface area (Å²) >= 11 is 0. The second-order valence-electron chi connectivity index (χ2n) is 0.958. The lowest BCUT2D eigenvalue weighted by Crippen LogP contribution is -1.72. The topological polar surface area (TPSA) is 0 Å². The molecule has 0 radical (unpaired) electrons. The summed E-state index contributed by atoms with van der Waals surface area (Å²) < 4.78 is 0. The van der Waals surface area contributed by atoms with Gasteiger partial charge in [-0.25, -0.2) is 0 Å². The average molecular weight is 179 g/mol. The summed E-state index contributed by atoms with van der Waals surface area (Å²) in [6.07, 6.45) is 1.60. The highest BCUT2D eigenvalue weighted by Crippen LogP contribution is 2.62. The summed E-state index contributed by atoms with van der Waals surface area (Å²) in [7, 11) is 14.3. The van der Waals surface area contributed by atoms with E-state index in [1.807, 2.05) is 0 Å². The van der Waals surface area contributed by atoms with E-state index in [1.165, 1.54) is 0 Å². The molecule has 0 bridgehead atoms. The standard InChI is InChI=1S/C3H5Cl3S/c1-2-3-7(4,5)6/h2H,1,3H2. The first-order chi connectivity index (χ1) is 3.06. The van der Waals surface area contributed by atoms with Gasteiger partial charge in [0, 0.05) is 5.75 Å². The van der Waals surface area contributed by atoms with Crippen LogP contribution in [0.1, 0.15) is 0 Å². The van der Waals surface area contributed by atoms with E-state index in [4.69, 9.17) is 32.0 Å². The minimum Gasteiger partial charge on any atom is -0.102 e. The van der Waals surface area contributed by atoms with Crippen LogP contribution in [0, 0.1) is 0 Å². The van der Waals surface area contributed by atoms with Crippen molar-refractivity contribution in [3.8, 4) is 0 Å². The fourth-order valence-corrected chi connectivity index (χ4v) is 1.20. The Bertz CT molecular complexity index is 65.1. The van der Waals surface area contributed by atoms with E-state index < -0.39 is 7.67 Å². The SMILES string of the molecule is C=CCS(Cl)(Cl)Cl. The zero-order chi connectivity index (χ0) is 5.91. The maximum Gasteiger partial charge on any atom is 0.0342 e. The van der Waals surface area contributed by atoms with E-state index in [-0.39, 0.29) is 0 Å². The molecular weight excluding hydrogens is 174 g/mol. The van der Waals surface area contributed by atoms with Crippen molar-refractivity contribution in [3.05, 3.63) is 12.7 Å². The Morgan fingerprint density at radius 1 is 1.43 bits per heavy atom. The van der Waals surface area contributed by atoms with Gasteiger partial charge in [0.2, 0.25) is 0 Å². The minimum absolute atomic E-state index is 0.484. The zero-order valence-corrected chi connectivity index (χ0v) is 6.62. The van der Waals surface area contributed by atoms with E-state index >= 15 is 0 Å². The fraction of sp³-hybridized carbons (Fsp3) is 0.333. The predicted molar refractivity (Wildman–Crippen MR) is 40.2 cm³/mol. The molecule has 0 aromatic carbocycles. The number of rotatable bonds is 2. The quantitative estimate of drug-likeness (QED) is 0.570. The van der Waals surface area contributed by atoms with Gasteiger partial charge in [-0.1, -0.05) is 6.08 Å². The maximum atomic E-state index is 5.38. The van der Waals surface area contributed by atoms with Crippen molar-refractivity contribution in [2.45, 2.75) is 0 Å². The third-order valence-electron chi connectivity index (χ3n) is 0.307. The minimum atomic E-state index is -1.88.